The Hall–Kier alpha value is -1.47. The predicted molar refractivity (Wildman–Crippen MR) is 95.5 cm³/mol. The zero-order valence-electron chi connectivity index (χ0n) is 13.9. The minimum absolute atomic E-state index is 0.588. The topological polar surface area (TPSA) is 39.4 Å². The molecule has 118 valence electrons. The molecule has 0 aromatic heterocycles. The van der Waals surface area contributed by atoms with Crippen LogP contribution in [0.4, 0.5) is 5.69 Å². The van der Waals surface area contributed by atoms with Crippen LogP contribution < -0.4 is 0 Å². The van der Waals surface area contributed by atoms with E-state index in [0.717, 1.165) is 23.2 Å². The van der Waals surface area contributed by atoms with Crippen LogP contribution >= 0.6 is 11.8 Å². The summed E-state index contributed by atoms with van der Waals surface area (Å²) in [5.41, 5.74) is 1.61. The van der Waals surface area contributed by atoms with Crippen molar-refractivity contribution >= 4 is 22.6 Å². The van der Waals surface area contributed by atoms with Gasteiger partial charge in [-0.1, -0.05) is 39.5 Å². The van der Waals surface area contributed by atoms with E-state index in [1.54, 1.807) is 0 Å². The first-order chi connectivity index (χ1) is 10.5. The molecule has 0 radical (unpaired) electrons. The van der Waals surface area contributed by atoms with E-state index in [9.17, 15) is 0 Å². The third kappa shape index (κ3) is 4.51. The van der Waals surface area contributed by atoms with Gasteiger partial charge < -0.3 is 4.90 Å². The summed E-state index contributed by atoms with van der Waals surface area (Å²) in [7, 11) is 0. The van der Waals surface area contributed by atoms with Crippen molar-refractivity contribution in [2.75, 3.05) is 12.3 Å². The monoisotopic (exact) mass is 315 g/mol. The van der Waals surface area contributed by atoms with E-state index in [-0.39, 0.29) is 0 Å². The fourth-order valence-electron chi connectivity index (χ4n) is 2.68. The van der Waals surface area contributed by atoms with Crippen molar-refractivity contribution in [3.8, 4) is 6.07 Å². The van der Waals surface area contributed by atoms with Gasteiger partial charge in [0, 0.05) is 18.3 Å². The Balaban J connectivity index is 2.19. The maximum Gasteiger partial charge on any atom is 0.164 e. The number of rotatable bonds is 5. The summed E-state index contributed by atoms with van der Waals surface area (Å²) >= 11 is 1.86. The van der Waals surface area contributed by atoms with Crippen molar-refractivity contribution in [3.63, 3.8) is 0 Å². The maximum atomic E-state index is 8.87. The molecule has 1 aliphatic heterocycles. The summed E-state index contributed by atoms with van der Waals surface area (Å²) in [4.78, 5) is 7.30. The van der Waals surface area contributed by atoms with Crippen LogP contribution in [0.5, 0.6) is 0 Å². The molecule has 1 saturated heterocycles. The van der Waals surface area contributed by atoms with Crippen molar-refractivity contribution in [1.82, 2.24) is 4.90 Å². The normalized spacial score (nSPS) is 20.1. The van der Waals surface area contributed by atoms with Gasteiger partial charge in [0.2, 0.25) is 0 Å². The van der Waals surface area contributed by atoms with Crippen LogP contribution in [0.3, 0.4) is 0 Å². The number of aliphatic imine (C=N–C) groups is 1. The molecular formula is C18H25N3S. The molecule has 0 aliphatic carbocycles. The molecule has 0 amide bonds. The molecule has 22 heavy (non-hydrogen) atoms. The maximum absolute atomic E-state index is 8.87. The van der Waals surface area contributed by atoms with E-state index in [2.05, 4.69) is 38.7 Å². The summed E-state index contributed by atoms with van der Waals surface area (Å²) in [6.45, 7) is 10.1. The van der Waals surface area contributed by atoms with Crippen molar-refractivity contribution < 1.29 is 0 Å². The Morgan fingerprint density at radius 3 is 2.45 bits per heavy atom. The molecule has 2 rings (SSSR count). The van der Waals surface area contributed by atoms with Gasteiger partial charge in [0.05, 0.1) is 17.3 Å². The molecule has 1 aliphatic rings. The fraction of sp³-hybridized carbons (Fsp3) is 0.556. The van der Waals surface area contributed by atoms with E-state index in [1.807, 2.05) is 36.0 Å². The molecule has 1 aromatic rings. The lowest BCUT2D eigenvalue weighted by atomic mass is 10.0. The van der Waals surface area contributed by atoms with Crippen molar-refractivity contribution in [2.45, 2.75) is 40.2 Å². The summed E-state index contributed by atoms with van der Waals surface area (Å²) in [5, 5.41) is 10.0. The van der Waals surface area contributed by atoms with Crippen LogP contribution in [-0.4, -0.2) is 28.4 Å². The Morgan fingerprint density at radius 2 is 1.91 bits per heavy atom. The van der Waals surface area contributed by atoms with Gasteiger partial charge in [0.1, 0.15) is 0 Å². The second-order valence-corrected chi connectivity index (χ2v) is 7.68. The fourth-order valence-corrected chi connectivity index (χ4v) is 3.89. The summed E-state index contributed by atoms with van der Waals surface area (Å²) < 4.78 is 0. The molecule has 1 atom stereocenters. The van der Waals surface area contributed by atoms with Crippen LogP contribution in [0.25, 0.3) is 0 Å². The first kappa shape index (κ1) is 16.9. The van der Waals surface area contributed by atoms with Gasteiger partial charge in [0.15, 0.2) is 5.17 Å². The smallest absolute Gasteiger partial charge is 0.164 e. The highest BCUT2D eigenvalue weighted by Crippen LogP contribution is 2.31. The third-order valence-corrected chi connectivity index (χ3v) is 4.75. The number of amidine groups is 1. The lowest BCUT2D eigenvalue weighted by Gasteiger charge is -2.28. The average Bonchev–Trinajstić information content (AvgIpc) is 2.81. The number of hydrogen-bond acceptors (Lipinski definition) is 3. The number of benzene rings is 1. The number of nitriles is 1. The Labute approximate surface area is 138 Å². The predicted octanol–water partition coefficient (Wildman–Crippen LogP) is 4.67. The van der Waals surface area contributed by atoms with Gasteiger partial charge in [-0.2, -0.15) is 5.26 Å². The summed E-state index contributed by atoms with van der Waals surface area (Å²) in [6.07, 6.45) is 1.21. The van der Waals surface area contributed by atoms with E-state index >= 15 is 0 Å². The number of hydrogen-bond donors (Lipinski definition) is 0. The quantitative estimate of drug-likeness (QED) is 0.793. The van der Waals surface area contributed by atoms with Gasteiger partial charge >= 0.3 is 0 Å². The highest BCUT2D eigenvalue weighted by molar-refractivity contribution is 8.14. The molecule has 1 fully saturated rings. The second-order valence-electron chi connectivity index (χ2n) is 6.69. The Morgan fingerprint density at radius 1 is 1.23 bits per heavy atom. The molecule has 0 bridgehead atoms. The zero-order valence-corrected chi connectivity index (χ0v) is 14.7. The highest BCUT2D eigenvalue weighted by Gasteiger charge is 2.30. The van der Waals surface area contributed by atoms with Crippen LogP contribution in [0.2, 0.25) is 0 Å². The molecule has 4 heteroatoms. The molecule has 0 spiro atoms. The van der Waals surface area contributed by atoms with E-state index in [1.165, 1.54) is 6.42 Å². The summed E-state index contributed by atoms with van der Waals surface area (Å²) in [6, 6.07) is 10.2. The highest BCUT2D eigenvalue weighted by atomic mass is 32.2. The van der Waals surface area contributed by atoms with Gasteiger partial charge in [-0.3, -0.25) is 0 Å². The van der Waals surface area contributed by atoms with E-state index in [4.69, 9.17) is 10.3 Å². The van der Waals surface area contributed by atoms with E-state index in [0.29, 0.717) is 23.4 Å². The first-order valence-electron chi connectivity index (χ1n) is 7.98. The minimum Gasteiger partial charge on any atom is -0.347 e. The molecule has 0 N–H and O–H groups in total. The molecule has 1 aromatic carbocycles. The third-order valence-electron chi connectivity index (χ3n) is 3.62. The lowest BCUT2D eigenvalue weighted by Crippen LogP contribution is -2.37. The van der Waals surface area contributed by atoms with Crippen molar-refractivity contribution in [2.24, 2.45) is 16.8 Å². The molecular weight excluding hydrogens is 290 g/mol. The van der Waals surface area contributed by atoms with Crippen LogP contribution in [0.1, 0.15) is 39.7 Å². The molecule has 3 nitrogen and oxygen atoms in total. The Kier molecular flexibility index (Phi) is 5.90. The van der Waals surface area contributed by atoms with Gasteiger partial charge in [-0.15, -0.1) is 0 Å². The largest absolute Gasteiger partial charge is 0.347 e. The Bertz CT molecular complexity index is 555. The lowest BCUT2D eigenvalue weighted by molar-refractivity contribution is 0.279. The standard InChI is InChI=1S/C18H25N3S/c1-13(2)9-17-12-22-18(21(17)11-14(3)4)20-16-7-5-15(10-19)6-8-16/h5-8,13-14,17H,9,11-12H2,1-4H3/t17-/m0/s1. The van der Waals surface area contributed by atoms with Crippen molar-refractivity contribution in [1.29, 1.82) is 5.26 Å². The SMILES string of the molecule is CC(C)C[C@H]1CSC(=Nc2ccc(C#N)cc2)N1CC(C)C. The average molecular weight is 315 g/mol. The van der Waals surface area contributed by atoms with Gasteiger partial charge in [-0.05, 0) is 42.5 Å². The molecule has 0 unspecified atom stereocenters. The van der Waals surface area contributed by atoms with Crippen LogP contribution in [-0.2, 0) is 0 Å². The number of thioether (sulfide) groups is 1. The molecule has 0 saturated carbocycles. The number of nitrogens with zero attached hydrogens (tertiary/aromatic N) is 3. The van der Waals surface area contributed by atoms with Gasteiger partial charge in [0.25, 0.3) is 0 Å². The minimum atomic E-state index is 0.588. The van der Waals surface area contributed by atoms with Gasteiger partial charge in [-0.25, -0.2) is 4.99 Å². The van der Waals surface area contributed by atoms with Crippen LogP contribution in [0.15, 0.2) is 29.3 Å². The second kappa shape index (κ2) is 7.69. The molecule has 1 heterocycles. The summed E-state index contributed by atoms with van der Waals surface area (Å²) in [5.74, 6) is 2.45. The van der Waals surface area contributed by atoms with E-state index < -0.39 is 0 Å². The van der Waals surface area contributed by atoms with Crippen molar-refractivity contribution in [3.05, 3.63) is 29.8 Å². The zero-order chi connectivity index (χ0) is 16.1. The first-order valence-corrected chi connectivity index (χ1v) is 8.96. The van der Waals surface area contributed by atoms with Crippen LogP contribution in [0, 0.1) is 23.2 Å².